The molecule has 10 aromatic carbocycles. The van der Waals surface area contributed by atoms with E-state index in [0.29, 0.717) is 0 Å². The molecule has 0 aliphatic heterocycles. The van der Waals surface area contributed by atoms with Crippen molar-refractivity contribution in [3.8, 4) is 0 Å². The molecule has 0 fully saturated rings. The molecule has 0 unspecified atom stereocenters. The number of rotatable bonds is 6. The van der Waals surface area contributed by atoms with Crippen LogP contribution >= 0.6 is 0 Å². The van der Waals surface area contributed by atoms with Crippen molar-refractivity contribution < 1.29 is 17.7 Å². The number of hydrogen-bond donors (Lipinski definition) is 0. The molecule has 0 bridgehead atoms. The van der Waals surface area contributed by atoms with Gasteiger partial charge in [0, 0.05) is 77.0 Å². The van der Waals surface area contributed by atoms with Crippen molar-refractivity contribution in [3.63, 3.8) is 0 Å². The van der Waals surface area contributed by atoms with Crippen LogP contribution in [0.25, 0.3) is 109 Å². The Labute approximate surface area is 439 Å². The Morgan fingerprint density at radius 2 is 0.816 bits per heavy atom. The van der Waals surface area contributed by atoms with Crippen molar-refractivity contribution in [3.05, 3.63) is 211 Å². The second-order valence-electron chi connectivity index (χ2n) is 22.8. The van der Waals surface area contributed by atoms with Crippen LogP contribution in [0.5, 0.6) is 0 Å². The standard InChI is InChI=1S/C70H54N2O4/c1-69(2,3)57-25-13-21-49-51-23-15-27-59(67(51)75-65(49)57)71(45-17-9-7-10-18-45)47-31-29-41-35-53-55-39-64-56(40-63(55)73-61(53)37-43(41)33-47)54-36-42-30-32-48(34-44(42)38-62(54)74-64)72(46-19-11-8-12-20-46)60-28-16-24-52-50-22-14-26-58(70(4,5)6)66(50)76-68(52)60/h7-11,13-19,21-40H,12,20H2,1-6H3. The molecule has 15 rings (SSSR count). The molecule has 1 aliphatic rings. The normalized spacial score (nSPS) is 13.6. The summed E-state index contributed by atoms with van der Waals surface area (Å²) in [4.78, 5) is 4.70. The highest BCUT2D eigenvalue weighted by molar-refractivity contribution is 6.19. The van der Waals surface area contributed by atoms with Crippen LogP contribution in [0.3, 0.4) is 0 Å². The van der Waals surface area contributed by atoms with Crippen LogP contribution in [0.2, 0.25) is 0 Å². The summed E-state index contributed by atoms with van der Waals surface area (Å²) in [5.41, 5.74) is 15.6. The molecule has 0 atom stereocenters. The van der Waals surface area contributed by atoms with Crippen molar-refractivity contribution in [1.29, 1.82) is 0 Å². The average Bonchev–Trinajstić information content (AvgIpc) is 4.25. The monoisotopic (exact) mass is 986 g/mol. The molecule has 0 radical (unpaired) electrons. The maximum atomic E-state index is 6.95. The van der Waals surface area contributed by atoms with E-state index in [1.165, 1.54) is 16.8 Å². The first-order valence-electron chi connectivity index (χ1n) is 26.5. The van der Waals surface area contributed by atoms with Gasteiger partial charge in [0.05, 0.1) is 11.4 Å². The number of benzene rings is 10. The Morgan fingerprint density at radius 3 is 1.32 bits per heavy atom. The maximum absolute atomic E-state index is 6.95. The van der Waals surface area contributed by atoms with E-state index in [0.717, 1.165) is 151 Å². The topological polar surface area (TPSA) is 59.0 Å². The molecule has 6 nitrogen and oxygen atoms in total. The fraction of sp³-hybridized carbons (Fsp3) is 0.143. The van der Waals surface area contributed by atoms with Crippen LogP contribution < -0.4 is 9.80 Å². The molecule has 4 aromatic heterocycles. The molecule has 0 spiro atoms. The highest BCUT2D eigenvalue weighted by atomic mass is 16.3. The van der Waals surface area contributed by atoms with Gasteiger partial charge in [-0.1, -0.05) is 145 Å². The van der Waals surface area contributed by atoms with Gasteiger partial charge in [0.25, 0.3) is 0 Å². The predicted molar refractivity (Wildman–Crippen MR) is 318 cm³/mol. The summed E-state index contributed by atoms with van der Waals surface area (Å²) in [5, 5.41) is 13.1. The van der Waals surface area contributed by atoms with Gasteiger partial charge in [-0.25, -0.2) is 0 Å². The van der Waals surface area contributed by atoms with Gasteiger partial charge in [0.1, 0.15) is 33.5 Å². The molecule has 6 heteroatoms. The summed E-state index contributed by atoms with van der Waals surface area (Å²) in [6, 6.07) is 63.3. The van der Waals surface area contributed by atoms with Gasteiger partial charge in [-0.2, -0.15) is 0 Å². The van der Waals surface area contributed by atoms with Gasteiger partial charge in [0.2, 0.25) is 0 Å². The number of anilines is 5. The van der Waals surface area contributed by atoms with Crippen LogP contribution in [-0.4, -0.2) is 0 Å². The van der Waals surface area contributed by atoms with E-state index in [-0.39, 0.29) is 10.8 Å². The average molecular weight is 987 g/mol. The van der Waals surface area contributed by atoms with Gasteiger partial charge in [0.15, 0.2) is 11.2 Å². The Kier molecular flexibility index (Phi) is 9.51. The van der Waals surface area contributed by atoms with Gasteiger partial charge in [-0.3, -0.25) is 0 Å². The Hall–Kier alpha value is -9.00. The third-order valence-electron chi connectivity index (χ3n) is 15.9. The first-order chi connectivity index (χ1) is 36.9. The second-order valence-corrected chi connectivity index (χ2v) is 22.8. The van der Waals surface area contributed by atoms with Crippen molar-refractivity contribution in [2.24, 2.45) is 0 Å². The minimum Gasteiger partial charge on any atom is -0.456 e. The minimum atomic E-state index is -0.0772. The van der Waals surface area contributed by atoms with E-state index >= 15 is 0 Å². The number of hydrogen-bond acceptors (Lipinski definition) is 6. The molecule has 1 aliphatic carbocycles. The maximum Gasteiger partial charge on any atom is 0.159 e. The summed E-state index contributed by atoms with van der Waals surface area (Å²) >= 11 is 0. The fourth-order valence-electron chi connectivity index (χ4n) is 12.2. The SMILES string of the molecule is CC(C)(C)c1cccc2c1oc1c(N(C3=CC=CCC3)c3ccc4cc5c(cc4c3)oc3cc4c(cc35)oc3cc5cc(N(c6ccccc6)c6cccc7c6oc6c(C(C)(C)C)cccc67)ccc5cc34)cccc12. The lowest BCUT2D eigenvalue weighted by Crippen LogP contribution is -2.17. The number of furan rings is 4. The van der Waals surface area contributed by atoms with E-state index in [2.05, 4.69) is 245 Å². The quantitative estimate of drug-likeness (QED) is 0.165. The third kappa shape index (κ3) is 6.86. The molecular formula is C70H54N2O4. The van der Waals surface area contributed by atoms with Crippen LogP contribution in [0.1, 0.15) is 65.5 Å². The number of allylic oxidation sites excluding steroid dienone is 4. The van der Waals surface area contributed by atoms with Gasteiger partial charge in [-0.15, -0.1) is 0 Å². The molecular weight excluding hydrogens is 933 g/mol. The van der Waals surface area contributed by atoms with Crippen molar-refractivity contribution in [2.45, 2.75) is 65.2 Å². The number of nitrogens with zero attached hydrogens (tertiary/aromatic N) is 2. The Morgan fingerprint density at radius 1 is 0.355 bits per heavy atom. The molecule has 0 saturated carbocycles. The van der Waals surface area contributed by atoms with Crippen LogP contribution in [0, 0.1) is 0 Å². The molecule has 0 amide bonds. The highest BCUT2D eigenvalue weighted by Crippen LogP contribution is 2.48. The molecule has 368 valence electrons. The second kappa shape index (κ2) is 16.2. The summed E-state index contributed by atoms with van der Waals surface area (Å²) in [6.07, 6.45) is 8.55. The van der Waals surface area contributed by atoms with E-state index in [1.54, 1.807) is 0 Å². The number of fused-ring (bicyclic) bond motifs is 14. The lowest BCUT2D eigenvalue weighted by molar-refractivity contribution is 0.572. The van der Waals surface area contributed by atoms with Crippen molar-refractivity contribution in [1.82, 2.24) is 0 Å². The third-order valence-corrected chi connectivity index (χ3v) is 15.9. The molecule has 0 N–H and O–H groups in total. The smallest absolute Gasteiger partial charge is 0.159 e. The zero-order chi connectivity index (χ0) is 51.2. The molecule has 14 aromatic rings. The van der Waals surface area contributed by atoms with Crippen LogP contribution in [0.4, 0.5) is 28.4 Å². The molecule has 4 heterocycles. The van der Waals surface area contributed by atoms with Crippen LogP contribution in [0.15, 0.2) is 218 Å². The van der Waals surface area contributed by atoms with E-state index < -0.39 is 0 Å². The van der Waals surface area contributed by atoms with Crippen molar-refractivity contribution in [2.75, 3.05) is 9.80 Å². The summed E-state index contributed by atoms with van der Waals surface area (Å²) in [5.74, 6) is 0. The largest absolute Gasteiger partial charge is 0.456 e. The summed E-state index contributed by atoms with van der Waals surface area (Å²) in [7, 11) is 0. The van der Waals surface area contributed by atoms with E-state index in [4.69, 9.17) is 17.7 Å². The fourth-order valence-corrected chi connectivity index (χ4v) is 12.2. The van der Waals surface area contributed by atoms with Gasteiger partial charge < -0.3 is 27.5 Å². The molecule has 76 heavy (non-hydrogen) atoms. The Bertz CT molecular complexity index is 4790. The first kappa shape index (κ1) is 44.5. The highest BCUT2D eigenvalue weighted by Gasteiger charge is 2.27. The van der Waals surface area contributed by atoms with Gasteiger partial charge >= 0.3 is 0 Å². The van der Waals surface area contributed by atoms with E-state index in [9.17, 15) is 0 Å². The van der Waals surface area contributed by atoms with Crippen molar-refractivity contribution >= 4 is 138 Å². The van der Waals surface area contributed by atoms with Crippen LogP contribution in [-0.2, 0) is 10.8 Å². The zero-order valence-electron chi connectivity index (χ0n) is 43.4. The van der Waals surface area contributed by atoms with E-state index in [1.807, 2.05) is 0 Å². The summed E-state index contributed by atoms with van der Waals surface area (Å²) < 4.78 is 27.5. The summed E-state index contributed by atoms with van der Waals surface area (Å²) in [6.45, 7) is 13.5. The lowest BCUT2D eigenvalue weighted by Gasteiger charge is -2.29. The lowest BCUT2D eigenvalue weighted by atomic mass is 9.86. The van der Waals surface area contributed by atoms with Gasteiger partial charge in [-0.05, 0) is 136 Å². The predicted octanol–water partition coefficient (Wildman–Crippen LogP) is 21.0. The number of para-hydroxylation sites is 5. The minimum absolute atomic E-state index is 0.0676. The zero-order valence-corrected chi connectivity index (χ0v) is 43.4. The first-order valence-corrected chi connectivity index (χ1v) is 26.5. The molecule has 0 saturated heterocycles. The Balaban J connectivity index is 0.824.